The number of carbonyl (C=O) groups is 3. The minimum Gasteiger partial charge on any atom is -0.467 e. The molecule has 0 aromatic carbocycles. The molecule has 2 amide bonds. The number of nitrogens with zero attached hydrogens (tertiary/aromatic N) is 1. The normalized spacial score (nSPS) is 19.9. The lowest BCUT2D eigenvalue weighted by atomic mass is 9.98. The van der Waals surface area contributed by atoms with Crippen LogP contribution in [0.3, 0.4) is 0 Å². The first kappa shape index (κ1) is 18.0. The Bertz CT molecular complexity index is 584. The van der Waals surface area contributed by atoms with Gasteiger partial charge in [-0.3, -0.25) is 9.59 Å². The van der Waals surface area contributed by atoms with Crippen LogP contribution < -0.4 is 5.32 Å². The third-order valence-electron chi connectivity index (χ3n) is 4.48. The molecule has 0 radical (unpaired) electrons. The number of likely N-dealkylation sites (tertiary alicyclic amines) is 1. The Labute approximate surface area is 141 Å². The monoisotopic (exact) mass is 336 g/mol. The summed E-state index contributed by atoms with van der Waals surface area (Å²) in [6, 6.07) is 2.85. The Balaban J connectivity index is 1.96. The van der Waals surface area contributed by atoms with Crippen molar-refractivity contribution in [3.8, 4) is 0 Å². The SMILES string of the molecule is CCC(C)C(NC(=O)C1CC(=O)N(Cc2ccco2)C1)C(=O)OC. The Kier molecular flexibility index (Phi) is 6.00. The summed E-state index contributed by atoms with van der Waals surface area (Å²) < 4.78 is 10.0. The number of methoxy groups -OCH3 is 1. The summed E-state index contributed by atoms with van der Waals surface area (Å²) in [6.07, 6.45) is 2.42. The van der Waals surface area contributed by atoms with Crippen molar-refractivity contribution in [3.63, 3.8) is 0 Å². The van der Waals surface area contributed by atoms with E-state index in [0.29, 0.717) is 18.8 Å². The van der Waals surface area contributed by atoms with E-state index >= 15 is 0 Å². The van der Waals surface area contributed by atoms with Crippen molar-refractivity contribution in [3.05, 3.63) is 24.2 Å². The minimum atomic E-state index is -0.693. The first-order valence-corrected chi connectivity index (χ1v) is 8.14. The number of esters is 1. The van der Waals surface area contributed by atoms with Gasteiger partial charge in [-0.2, -0.15) is 0 Å². The van der Waals surface area contributed by atoms with Crippen LogP contribution in [0.15, 0.2) is 22.8 Å². The number of carbonyl (C=O) groups excluding carboxylic acids is 3. The molecule has 132 valence electrons. The molecule has 24 heavy (non-hydrogen) atoms. The van der Waals surface area contributed by atoms with Crippen LogP contribution in [-0.2, 0) is 25.7 Å². The maximum atomic E-state index is 12.5. The number of hydrogen-bond acceptors (Lipinski definition) is 5. The Morgan fingerprint density at radius 1 is 1.50 bits per heavy atom. The highest BCUT2D eigenvalue weighted by Crippen LogP contribution is 2.21. The molecule has 7 heteroatoms. The molecule has 7 nitrogen and oxygen atoms in total. The quantitative estimate of drug-likeness (QED) is 0.759. The van der Waals surface area contributed by atoms with Crippen LogP contribution in [0.2, 0.25) is 0 Å². The molecule has 3 unspecified atom stereocenters. The molecule has 1 aliphatic heterocycles. The molecule has 0 spiro atoms. The van der Waals surface area contributed by atoms with Gasteiger partial charge in [0.15, 0.2) is 0 Å². The van der Waals surface area contributed by atoms with Crippen LogP contribution in [-0.4, -0.2) is 42.4 Å². The molecule has 2 rings (SSSR count). The van der Waals surface area contributed by atoms with Gasteiger partial charge in [0.1, 0.15) is 11.8 Å². The average molecular weight is 336 g/mol. The van der Waals surface area contributed by atoms with Gasteiger partial charge in [0.05, 0.1) is 25.8 Å². The highest BCUT2D eigenvalue weighted by molar-refractivity contribution is 5.91. The zero-order valence-corrected chi connectivity index (χ0v) is 14.3. The maximum Gasteiger partial charge on any atom is 0.328 e. The smallest absolute Gasteiger partial charge is 0.328 e. The topological polar surface area (TPSA) is 88.9 Å². The zero-order valence-electron chi connectivity index (χ0n) is 14.3. The fourth-order valence-corrected chi connectivity index (χ4v) is 2.76. The fourth-order valence-electron chi connectivity index (χ4n) is 2.76. The zero-order chi connectivity index (χ0) is 17.7. The fraction of sp³-hybridized carbons (Fsp3) is 0.588. The van der Waals surface area contributed by atoms with E-state index in [1.807, 2.05) is 13.8 Å². The predicted molar refractivity (Wildman–Crippen MR) is 85.6 cm³/mol. The van der Waals surface area contributed by atoms with Crippen LogP contribution in [0.5, 0.6) is 0 Å². The molecule has 0 saturated carbocycles. The summed E-state index contributed by atoms with van der Waals surface area (Å²) in [4.78, 5) is 38.0. The summed E-state index contributed by atoms with van der Waals surface area (Å²) in [5.41, 5.74) is 0. The molecule has 1 aromatic heterocycles. The predicted octanol–water partition coefficient (Wildman–Crippen LogP) is 1.33. The molecule has 1 aliphatic rings. The number of rotatable bonds is 7. The van der Waals surface area contributed by atoms with E-state index < -0.39 is 17.9 Å². The second-order valence-corrected chi connectivity index (χ2v) is 6.15. The van der Waals surface area contributed by atoms with Gasteiger partial charge in [0.25, 0.3) is 0 Å². The summed E-state index contributed by atoms with van der Waals surface area (Å²) in [7, 11) is 1.30. The lowest BCUT2D eigenvalue weighted by Crippen LogP contribution is -2.48. The van der Waals surface area contributed by atoms with Crippen molar-refractivity contribution in [2.75, 3.05) is 13.7 Å². The van der Waals surface area contributed by atoms with E-state index in [1.54, 1.807) is 23.3 Å². The van der Waals surface area contributed by atoms with E-state index in [0.717, 1.165) is 6.42 Å². The number of ether oxygens (including phenoxy) is 1. The van der Waals surface area contributed by atoms with E-state index in [2.05, 4.69) is 5.32 Å². The molecule has 0 aliphatic carbocycles. The van der Waals surface area contributed by atoms with Crippen LogP contribution in [0.25, 0.3) is 0 Å². The summed E-state index contributed by atoms with van der Waals surface area (Å²) in [6.45, 7) is 4.49. The number of hydrogen-bond donors (Lipinski definition) is 1. The van der Waals surface area contributed by atoms with Crippen molar-refractivity contribution in [1.82, 2.24) is 10.2 Å². The number of furan rings is 1. The lowest BCUT2D eigenvalue weighted by Gasteiger charge is -2.23. The maximum absolute atomic E-state index is 12.5. The van der Waals surface area contributed by atoms with Gasteiger partial charge in [-0.1, -0.05) is 20.3 Å². The number of amides is 2. The van der Waals surface area contributed by atoms with Crippen LogP contribution in [0, 0.1) is 11.8 Å². The molecular formula is C17H24N2O5. The van der Waals surface area contributed by atoms with E-state index in [4.69, 9.17) is 9.15 Å². The summed E-state index contributed by atoms with van der Waals surface area (Å²) in [5, 5.41) is 2.74. The summed E-state index contributed by atoms with van der Waals surface area (Å²) in [5.74, 6) is -0.682. The third-order valence-corrected chi connectivity index (χ3v) is 4.48. The van der Waals surface area contributed by atoms with Crippen molar-refractivity contribution in [1.29, 1.82) is 0 Å². The minimum absolute atomic E-state index is 0.0438. The van der Waals surface area contributed by atoms with Crippen molar-refractivity contribution >= 4 is 17.8 Å². The van der Waals surface area contributed by atoms with Crippen molar-refractivity contribution in [2.24, 2.45) is 11.8 Å². The first-order valence-electron chi connectivity index (χ1n) is 8.14. The largest absolute Gasteiger partial charge is 0.467 e. The molecule has 3 atom stereocenters. The van der Waals surface area contributed by atoms with Gasteiger partial charge >= 0.3 is 5.97 Å². The third kappa shape index (κ3) is 4.15. The van der Waals surface area contributed by atoms with Crippen molar-refractivity contribution < 1.29 is 23.5 Å². The summed E-state index contributed by atoms with van der Waals surface area (Å²) >= 11 is 0. The Morgan fingerprint density at radius 2 is 2.25 bits per heavy atom. The van der Waals surface area contributed by atoms with Gasteiger partial charge in [0, 0.05) is 13.0 Å². The second-order valence-electron chi connectivity index (χ2n) is 6.15. The molecule has 1 N–H and O–H groups in total. The average Bonchev–Trinajstić information content (AvgIpc) is 3.21. The van der Waals surface area contributed by atoms with E-state index in [9.17, 15) is 14.4 Å². The Morgan fingerprint density at radius 3 is 2.83 bits per heavy atom. The highest BCUT2D eigenvalue weighted by Gasteiger charge is 2.37. The van der Waals surface area contributed by atoms with Gasteiger partial charge in [-0.05, 0) is 18.1 Å². The van der Waals surface area contributed by atoms with Crippen molar-refractivity contribution in [2.45, 2.75) is 39.3 Å². The standard InChI is InChI=1S/C17H24N2O5/c1-4-11(2)15(17(22)23-3)18-16(21)12-8-14(20)19(9-12)10-13-6-5-7-24-13/h5-7,11-12,15H,4,8-10H2,1-3H3,(H,18,21). The first-order chi connectivity index (χ1) is 11.5. The number of nitrogens with one attached hydrogen (secondary N) is 1. The lowest BCUT2D eigenvalue weighted by molar-refractivity contribution is -0.147. The van der Waals surface area contributed by atoms with Crippen LogP contribution in [0.4, 0.5) is 0 Å². The second kappa shape index (κ2) is 7.99. The molecule has 1 fully saturated rings. The van der Waals surface area contributed by atoms with Gasteiger partial charge in [-0.25, -0.2) is 4.79 Å². The van der Waals surface area contributed by atoms with Crippen LogP contribution >= 0.6 is 0 Å². The van der Waals surface area contributed by atoms with Gasteiger partial charge in [-0.15, -0.1) is 0 Å². The highest BCUT2D eigenvalue weighted by atomic mass is 16.5. The molecular weight excluding hydrogens is 312 g/mol. The van der Waals surface area contributed by atoms with Gasteiger partial charge in [0.2, 0.25) is 11.8 Å². The van der Waals surface area contributed by atoms with Crippen LogP contribution in [0.1, 0.15) is 32.4 Å². The van der Waals surface area contributed by atoms with E-state index in [1.165, 1.54) is 7.11 Å². The Hall–Kier alpha value is -2.31. The molecule has 2 heterocycles. The van der Waals surface area contributed by atoms with E-state index in [-0.39, 0.29) is 24.2 Å². The van der Waals surface area contributed by atoms with Gasteiger partial charge < -0.3 is 19.4 Å². The molecule has 1 saturated heterocycles. The molecule has 0 bridgehead atoms. The molecule has 1 aromatic rings.